The number of amides is 1. The van der Waals surface area contributed by atoms with Crippen molar-refractivity contribution >= 4 is 17.2 Å². The van der Waals surface area contributed by atoms with Gasteiger partial charge in [0, 0.05) is 12.7 Å². The van der Waals surface area contributed by atoms with Crippen LogP contribution >= 0.6 is 11.3 Å². The van der Waals surface area contributed by atoms with Crippen LogP contribution in [0.4, 0.5) is 0 Å². The summed E-state index contributed by atoms with van der Waals surface area (Å²) in [6, 6.07) is 17.9. The fourth-order valence-corrected chi connectivity index (χ4v) is 4.71. The van der Waals surface area contributed by atoms with Crippen LogP contribution in [0, 0.1) is 5.92 Å². The molecule has 6 heteroatoms. The molecule has 3 aromatic rings. The Bertz CT molecular complexity index is 938. The lowest BCUT2D eigenvalue weighted by atomic mass is 9.87. The van der Waals surface area contributed by atoms with Crippen LogP contribution in [-0.2, 0) is 6.54 Å². The molecule has 1 aromatic carbocycles. The average molecular weight is 422 g/mol. The molecule has 1 atom stereocenters. The normalized spacial score (nSPS) is 16.2. The molecule has 5 nitrogen and oxygen atoms in total. The van der Waals surface area contributed by atoms with Gasteiger partial charge >= 0.3 is 0 Å². The minimum absolute atomic E-state index is 0.0144. The Morgan fingerprint density at radius 2 is 2.07 bits per heavy atom. The van der Waals surface area contributed by atoms with Crippen molar-refractivity contribution in [3.05, 3.63) is 82.3 Å². The van der Waals surface area contributed by atoms with Crippen molar-refractivity contribution in [2.75, 3.05) is 20.2 Å². The summed E-state index contributed by atoms with van der Waals surface area (Å²) in [5.41, 5.74) is 2.20. The van der Waals surface area contributed by atoms with E-state index in [-0.39, 0.29) is 11.9 Å². The lowest BCUT2D eigenvalue weighted by molar-refractivity contribution is 0.0892. The third-order valence-corrected chi connectivity index (χ3v) is 6.55. The van der Waals surface area contributed by atoms with Crippen LogP contribution in [0.5, 0.6) is 5.75 Å². The van der Waals surface area contributed by atoms with Crippen molar-refractivity contribution in [3.63, 3.8) is 0 Å². The first-order valence-corrected chi connectivity index (χ1v) is 11.2. The van der Waals surface area contributed by atoms with Crippen molar-refractivity contribution in [1.82, 2.24) is 15.2 Å². The van der Waals surface area contributed by atoms with Gasteiger partial charge in [0.15, 0.2) is 0 Å². The molecule has 1 amide bonds. The van der Waals surface area contributed by atoms with E-state index in [1.165, 1.54) is 16.9 Å². The maximum absolute atomic E-state index is 12.7. The van der Waals surface area contributed by atoms with E-state index in [1.807, 2.05) is 47.8 Å². The highest BCUT2D eigenvalue weighted by molar-refractivity contribution is 7.12. The molecule has 4 rings (SSSR count). The quantitative estimate of drug-likeness (QED) is 0.609. The number of piperidine rings is 1. The van der Waals surface area contributed by atoms with E-state index in [1.54, 1.807) is 13.3 Å². The summed E-state index contributed by atoms with van der Waals surface area (Å²) >= 11 is 1.47. The molecule has 2 aromatic heterocycles. The van der Waals surface area contributed by atoms with Gasteiger partial charge in [-0.05, 0) is 73.1 Å². The van der Waals surface area contributed by atoms with E-state index in [4.69, 9.17) is 4.74 Å². The van der Waals surface area contributed by atoms with E-state index in [0.29, 0.717) is 5.92 Å². The standard InChI is InChI=1S/C24H27N3O2S/c1-29-20-7-4-6-18(16-20)17-27-13-10-19(11-14-27)23(21-8-2-3-12-25-21)26-24(28)22-9-5-15-30-22/h2-9,12,15-16,19,23H,10-11,13-14,17H2,1H3,(H,26,28)/t23-/m0/s1. The molecule has 30 heavy (non-hydrogen) atoms. The molecule has 3 heterocycles. The second-order valence-electron chi connectivity index (χ2n) is 7.65. The predicted molar refractivity (Wildman–Crippen MR) is 120 cm³/mol. The first kappa shape index (κ1) is 20.6. The summed E-state index contributed by atoms with van der Waals surface area (Å²) in [5.74, 6) is 1.25. The van der Waals surface area contributed by atoms with E-state index < -0.39 is 0 Å². The van der Waals surface area contributed by atoms with Crippen molar-refractivity contribution < 1.29 is 9.53 Å². The fraction of sp³-hybridized carbons (Fsp3) is 0.333. The number of carbonyl (C=O) groups is 1. The number of carbonyl (C=O) groups excluding carboxylic acids is 1. The second-order valence-corrected chi connectivity index (χ2v) is 8.60. The van der Waals surface area contributed by atoms with E-state index in [0.717, 1.165) is 48.8 Å². The van der Waals surface area contributed by atoms with Gasteiger partial charge in [-0.2, -0.15) is 0 Å². The summed E-state index contributed by atoms with van der Waals surface area (Å²) in [4.78, 5) is 20.5. The maximum Gasteiger partial charge on any atom is 0.261 e. The Labute approximate surface area is 181 Å². The van der Waals surface area contributed by atoms with Crippen LogP contribution in [0.2, 0.25) is 0 Å². The second kappa shape index (κ2) is 9.87. The molecule has 1 aliphatic rings. The number of hydrogen-bond acceptors (Lipinski definition) is 5. The van der Waals surface area contributed by atoms with Crippen molar-refractivity contribution in [1.29, 1.82) is 0 Å². The van der Waals surface area contributed by atoms with Crippen molar-refractivity contribution in [3.8, 4) is 5.75 Å². The van der Waals surface area contributed by atoms with Gasteiger partial charge in [-0.1, -0.05) is 24.3 Å². The Hall–Kier alpha value is -2.70. The van der Waals surface area contributed by atoms with Gasteiger partial charge in [0.25, 0.3) is 5.91 Å². The van der Waals surface area contributed by atoms with Crippen LogP contribution in [0.3, 0.4) is 0 Å². The number of likely N-dealkylation sites (tertiary alicyclic amines) is 1. The summed E-state index contributed by atoms with van der Waals surface area (Å²) in [6.45, 7) is 2.92. The number of ether oxygens (including phenoxy) is 1. The average Bonchev–Trinajstić information content (AvgIpc) is 3.34. The Morgan fingerprint density at radius 3 is 2.77 bits per heavy atom. The molecule has 1 saturated heterocycles. The minimum atomic E-state index is -0.0697. The first-order valence-electron chi connectivity index (χ1n) is 10.3. The Balaban J connectivity index is 1.42. The molecule has 1 aliphatic heterocycles. The third-order valence-electron chi connectivity index (χ3n) is 5.68. The van der Waals surface area contributed by atoms with Gasteiger partial charge in [-0.25, -0.2) is 0 Å². The zero-order valence-electron chi connectivity index (χ0n) is 17.2. The molecule has 0 aliphatic carbocycles. The van der Waals surface area contributed by atoms with Crippen LogP contribution in [0.15, 0.2) is 66.2 Å². The van der Waals surface area contributed by atoms with E-state index >= 15 is 0 Å². The molecule has 0 saturated carbocycles. The molecule has 1 N–H and O–H groups in total. The van der Waals surface area contributed by atoms with Gasteiger partial charge in [0.05, 0.1) is 23.7 Å². The van der Waals surface area contributed by atoms with Crippen molar-refractivity contribution in [2.45, 2.75) is 25.4 Å². The molecule has 0 spiro atoms. The number of rotatable bonds is 7. The summed E-state index contributed by atoms with van der Waals surface area (Å²) in [7, 11) is 1.70. The van der Waals surface area contributed by atoms with Gasteiger partial charge < -0.3 is 10.1 Å². The Morgan fingerprint density at radius 1 is 1.20 bits per heavy atom. The lowest BCUT2D eigenvalue weighted by Gasteiger charge is -2.36. The molecule has 0 bridgehead atoms. The number of nitrogens with one attached hydrogen (secondary N) is 1. The number of hydrogen-bond donors (Lipinski definition) is 1. The molecular weight excluding hydrogens is 394 g/mol. The number of aromatic nitrogens is 1. The number of pyridine rings is 1. The zero-order valence-corrected chi connectivity index (χ0v) is 18.0. The van der Waals surface area contributed by atoms with E-state index in [9.17, 15) is 4.79 Å². The summed E-state index contributed by atoms with van der Waals surface area (Å²) < 4.78 is 5.34. The predicted octanol–water partition coefficient (Wildman–Crippen LogP) is 4.54. The zero-order chi connectivity index (χ0) is 20.8. The van der Waals surface area contributed by atoms with Gasteiger partial charge in [-0.3, -0.25) is 14.7 Å². The van der Waals surface area contributed by atoms with Crippen LogP contribution < -0.4 is 10.1 Å². The third kappa shape index (κ3) is 5.07. The highest BCUT2D eigenvalue weighted by Gasteiger charge is 2.30. The topological polar surface area (TPSA) is 54.5 Å². The Kier molecular flexibility index (Phi) is 6.77. The monoisotopic (exact) mass is 421 g/mol. The largest absolute Gasteiger partial charge is 0.497 e. The molecule has 1 fully saturated rings. The molecule has 0 unspecified atom stereocenters. The van der Waals surface area contributed by atoms with Crippen LogP contribution in [0.25, 0.3) is 0 Å². The fourth-order valence-electron chi connectivity index (χ4n) is 4.09. The molecule has 0 radical (unpaired) electrons. The summed E-state index contributed by atoms with van der Waals surface area (Å²) in [6.07, 6.45) is 3.85. The van der Waals surface area contributed by atoms with Crippen LogP contribution in [0.1, 0.15) is 39.8 Å². The van der Waals surface area contributed by atoms with Crippen molar-refractivity contribution in [2.24, 2.45) is 5.92 Å². The highest BCUT2D eigenvalue weighted by Crippen LogP contribution is 2.31. The molecular formula is C24H27N3O2S. The maximum atomic E-state index is 12.7. The first-order chi connectivity index (χ1) is 14.7. The lowest BCUT2D eigenvalue weighted by Crippen LogP contribution is -2.40. The minimum Gasteiger partial charge on any atom is -0.497 e. The summed E-state index contributed by atoms with van der Waals surface area (Å²) in [5, 5.41) is 5.19. The van der Waals surface area contributed by atoms with Crippen LogP contribution in [-0.4, -0.2) is 36.0 Å². The van der Waals surface area contributed by atoms with Gasteiger partial charge in [-0.15, -0.1) is 11.3 Å². The van der Waals surface area contributed by atoms with Gasteiger partial charge in [0.2, 0.25) is 0 Å². The van der Waals surface area contributed by atoms with E-state index in [2.05, 4.69) is 27.3 Å². The number of thiophene rings is 1. The smallest absolute Gasteiger partial charge is 0.261 e. The number of nitrogens with zero attached hydrogens (tertiary/aromatic N) is 2. The van der Waals surface area contributed by atoms with Gasteiger partial charge in [0.1, 0.15) is 5.75 Å². The number of methoxy groups -OCH3 is 1. The SMILES string of the molecule is COc1cccc(CN2CCC([C@H](NC(=O)c3cccs3)c3ccccn3)CC2)c1. The molecule has 156 valence electrons. The highest BCUT2D eigenvalue weighted by atomic mass is 32.1. The number of benzene rings is 1.